The van der Waals surface area contributed by atoms with Gasteiger partial charge in [-0.2, -0.15) is 5.10 Å². The number of nitrogens with zero attached hydrogens (tertiary/aromatic N) is 8. The number of piperazine rings is 1. The Labute approximate surface area is 352 Å². The minimum Gasteiger partial charge on any atom is -0.494 e. The van der Waals surface area contributed by atoms with Crippen LogP contribution in [0.3, 0.4) is 0 Å². The normalized spacial score (nSPS) is 13.5. The maximum Gasteiger partial charge on any atom is 0.410 e. The van der Waals surface area contributed by atoms with Crippen LogP contribution in [0, 0.1) is 6.92 Å². The van der Waals surface area contributed by atoms with Crippen LogP contribution in [0.5, 0.6) is 11.5 Å². The third-order valence-electron chi connectivity index (χ3n) is 9.70. The molecule has 61 heavy (non-hydrogen) atoms. The van der Waals surface area contributed by atoms with E-state index in [0.717, 1.165) is 6.29 Å². The number of primary amides is 1. The lowest BCUT2D eigenvalue weighted by atomic mass is 10.1. The lowest BCUT2D eigenvalue weighted by Crippen LogP contribution is -2.53. The zero-order valence-electron chi connectivity index (χ0n) is 35.4. The van der Waals surface area contributed by atoms with Gasteiger partial charge in [0.15, 0.2) is 0 Å². The van der Waals surface area contributed by atoms with Crippen molar-refractivity contribution in [2.24, 2.45) is 5.73 Å². The summed E-state index contributed by atoms with van der Waals surface area (Å²) in [4.78, 5) is 75.6. The van der Waals surface area contributed by atoms with Crippen molar-refractivity contribution in [2.75, 3.05) is 57.6 Å². The SMILES string of the molecule is CCn1nc(C)cc1C(=O)Nc1nc2cc(C(N)=O)cc(OC/C=C/CN3CCN(C(=O)OC(C)(C)C)CC3=O)c2n1C/C=C/Cn1c(NC)nc2cc(C=O)cc(OC)c21. The topological polar surface area (TPSA) is 223 Å². The number of fused-ring (bicyclic) bond motifs is 2. The van der Waals surface area contributed by atoms with Crippen LogP contribution in [0.4, 0.5) is 16.7 Å². The lowest BCUT2D eigenvalue weighted by Gasteiger charge is -2.34. The summed E-state index contributed by atoms with van der Waals surface area (Å²) in [7, 11) is 3.28. The minimum absolute atomic E-state index is 0.0508. The van der Waals surface area contributed by atoms with E-state index in [2.05, 4.69) is 20.7 Å². The summed E-state index contributed by atoms with van der Waals surface area (Å²) in [5.41, 5.74) is 8.79. The van der Waals surface area contributed by atoms with Crippen molar-refractivity contribution in [3.05, 3.63) is 77.2 Å². The van der Waals surface area contributed by atoms with Crippen LogP contribution in [-0.2, 0) is 29.2 Å². The van der Waals surface area contributed by atoms with E-state index >= 15 is 0 Å². The molecule has 1 aliphatic rings. The molecule has 1 aliphatic heterocycles. The monoisotopic (exact) mass is 837 g/mol. The highest BCUT2D eigenvalue weighted by Gasteiger charge is 2.30. The van der Waals surface area contributed by atoms with Gasteiger partial charge in [-0.05, 0) is 71.0 Å². The van der Waals surface area contributed by atoms with Gasteiger partial charge in [-0.15, -0.1) is 0 Å². The van der Waals surface area contributed by atoms with E-state index in [1.54, 1.807) is 79.2 Å². The molecule has 0 unspecified atom stereocenters. The number of aryl methyl sites for hydroxylation is 2. The molecule has 0 spiro atoms. The van der Waals surface area contributed by atoms with Crippen molar-refractivity contribution in [2.45, 2.75) is 59.9 Å². The number of benzene rings is 2. The average Bonchev–Trinajstić information content (AvgIpc) is 3.90. The predicted molar refractivity (Wildman–Crippen MR) is 228 cm³/mol. The Morgan fingerprint density at radius 3 is 2.21 bits per heavy atom. The molecule has 19 heteroatoms. The van der Waals surface area contributed by atoms with Crippen molar-refractivity contribution in [1.29, 1.82) is 0 Å². The molecule has 0 bridgehead atoms. The number of aldehydes is 1. The van der Waals surface area contributed by atoms with Gasteiger partial charge < -0.3 is 39.3 Å². The molecule has 3 aromatic heterocycles. The molecule has 0 saturated carbocycles. The van der Waals surface area contributed by atoms with E-state index in [0.29, 0.717) is 83.4 Å². The van der Waals surface area contributed by atoms with E-state index in [-0.39, 0.29) is 42.9 Å². The smallest absolute Gasteiger partial charge is 0.410 e. The minimum atomic E-state index is -0.697. The number of imidazole rings is 2. The molecule has 0 atom stereocenters. The van der Waals surface area contributed by atoms with Gasteiger partial charge in [0.2, 0.25) is 23.7 Å². The molecule has 1 saturated heterocycles. The van der Waals surface area contributed by atoms with Crippen molar-refractivity contribution >= 4 is 64.1 Å². The van der Waals surface area contributed by atoms with Crippen molar-refractivity contribution < 1.29 is 38.2 Å². The van der Waals surface area contributed by atoms with E-state index < -0.39 is 23.5 Å². The molecular weight excluding hydrogens is 787 g/mol. The van der Waals surface area contributed by atoms with Gasteiger partial charge in [-0.25, -0.2) is 14.8 Å². The average molecular weight is 838 g/mol. The highest BCUT2D eigenvalue weighted by molar-refractivity contribution is 6.04. The van der Waals surface area contributed by atoms with Crippen LogP contribution < -0.4 is 25.8 Å². The van der Waals surface area contributed by atoms with Gasteiger partial charge in [-0.1, -0.05) is 18.2 Å². The van der Waals surface area contributed by atoms with Crippen LogP contribution in [-0.4, -0.2) is 121 Å². The Hall–Kier alpha value is -7.18. The number of carbonyl (C=O) groups is 5. The zero-order valence-corrected chi connectivity index (χ0v) is 35.4. The first-order valence-electron chi connectivity index (χ1n) is 19.7. The first-order valence-corrected chi connectivity index (χ1v) is 19.7. The summed E-state index contributed by atoms with van der Waals surface area (Å²) >= 11 is 0. The van der Waals surface area contributed by atoms with Gasteiger partial charge in [0.05, 0.1) is 23.8 Å². The number of nitrogens with two attached hydrogens (primary N) is 1. The first kappa shape index (κ1) is 43.4. The predicted octanol–water partition coefficient (Wildman–Crippen LogP) is 4.40. The summed E-state index contributed by atoms with van der Waals surface area (Å²) in [6.45, 7) is 11.0. The van der Waals surface area contributed by atoms with Gasteiger partial charge in [0.25, 0.3) is 5.91 Å². The second-order valence-electron chi connectivity index (χ2n) is 15.2. The maximum atomic E-state index is 13.7. The standard InChI is InChI=1S/C42H51N11O8/c1-8-53-31(19-26(2)48-53)38(57)47-40-46-30-22-28(37(43)56)23-33(60-18-12-11-13-49-16-17-50(24-34(49)55)41(58)61-42(3,4)5)36(30)52(40)15-10-9-14-51-35-29(45-39(51)44-6)20-27(25-54)21-32(35)59-7/h9-12,19-23,25H,8,13-18,24H2,1-7H3,(H2,43,56)(H,44,45)(H,46,47,57)/b10-9+,12-11+. The summed E-state index contributed by atoms with van der Waals surface area (Å²) in [6, 6.07) is 8.10. The number of methoxy groups -OCH3 is 1. The lowest BCUT2D eigenvalue weighted by molar-refractivity contribution is -0.135. The molecule has 2 aromatic carbocycles. The molecule has 5 aromatic rings. The second kappa shape index (κ2) is 18.4. The molecule has 6 rings (SSSR count). The quantitative estimate of drug-likeness (QED) is 0.0930. The maximum absolute atomic E-state index is 13.7. The van der Waals surface area contributed by atoms with Crippen molar-refractivity contribution in [3.63, 3.8) is 0 Å². The van der Waals surface area contributed by atoms with Gasteiger partial charge >= 0.3 is 6.09 Å². The number of ether oxygens (including phenoxy) is 3. The Balaban J connectivity index is 1.27. The molecule has 0 radical (unpaired) electrons. The third kappa shape index (κ3) is 9.83. The summed E-state index contributed by atoms with van der Waals surface area (Å²) < 4.78 is 22.6. The van der Waals surface area contributed by atoms with E-state index in [1.165, 1.54) is 24.1 Å². The number of allylic oxidation sites excluding steroid dienone is 2. The Morgan fingerprint density at radius 2 is 1.57 bits per heavy atom. The fourth-order valence-electron chi connectivity index (χ4n) is 6.88. The molecule has 4 heterocycles. The van der Waals surface area contributed by atoms with Crippen LogP contribution in [0.15, 0.2) is 54.6 Å². The number of anilines is 2. The summed E-state index contributed by atoms with van der Waals surface area (Å²) in [6.07, 6.45) is 7.55. The van der Waals surface area contributed by atoms with E-state index in [4.69, 9.17) is 24.9 Å². The number of hydrogen-bond acceptors (Lipinski definition) is 12. The van der Waals surface area contributed by atoms with E-state index in [9.17, 15) is 24.0 Å². The number of carbonyl (C=O) groups excluding carboxylic acids is 5. The van der Waals surface area contributed by atoms with Crippen LogP contribution in [0.1, 0.15) is 64.6 Å². The molecule has 322 valence electrons. The third-order valence-corrected chi connectivity index (χ3v) is 9.70. The Morgan fingerprint density at radius 1 is 0.902 bits per heavy atom. The second-order valence-corrected chi connectivity index (χ2v) is 15.2. The molecule has 4 N–H and O–H groups in total. The van der Waals surface area contributed by atoms with Gasteiger partial charge in [-0.3, -0.25) is 34.1 Å². The van der Waals surface area contributed by atoms with Gasteiger partial charge in [0.1, 0.15) is 53.3 Å². The summed E-state index contributed by atoms with van der Waals surface area (Å²) in [5.74, 6) is 0.166. The van der Waals surface area contributed by atoms with Gasteiger partial charge in [0, 0.05) is 57.4 Å². The number of amides is 4. The van der Waals surface area contributed by atoms with Crippen LogP contribution in [0.25, 0.3) is 22.1 Å². The summed E-state index contributed by atoms with van der Waals surface area (Å²) in [5, 5.41) is 10.4. The number of rotatable bonds is 16. The number of aromatic nitrogens is 6. The molecule has 19 nitrogen and oxygen atoms in total. The molecule has 0 aliphatic carbocycles. The number of nitrogens with one attached hydrogen (secondary N) is 2. The first-order chi connectivity index (χ1) is 29.1. The van der Waals surface area contributed by atoms with E-state index in [1.807, 2.05) is 23.6 Å². The van der Waals surface area contributed by atoms with Crippen molar-refractivity contribution in [3.8, 4) is 11.5 Å². The van der Waals surface area contributed by atoms with Crippen LogP contribution >= 0.6 is 0 Å². The van der Waals surface area contributed by atoms with Crippen LogP contribution in [0.2, 0.25) is 0 Å². The fourth-order valence-corrected chi connectivity index (χ4v) is 6.88. The fraction of sp³-hybridized carbons (Fsp3) is 0.381. The highest BCUT2D eigenvalue weighted by Crippen LogP contribution is 2.33. The highest BCUT2D eigenvalue weighted by atomic mass is 16.6. The zero-order chi connectivity index (χ0) is 44.0. The number of hydrogen-bond donors (Lipinski definition) is 3. The molecular formula is C42H51N11O8. The largest absolute Gasteiger partial charge is 0.494 e. The molecule has 1 fully saturated rings. The van der Waals surface area contributed by atoms with Crippen molar-refractivity contribution in [1.82, 2.24) is 38.7 Å². The Kier molecular flexibility index (Phi) is 13.1. The Bertz CT molecular complexity index is 2540. The molecule has 4 amide bonds.